The quantitative estimate of drug-likeness (QED) is 0.437. The van der Waals surface area contributed by atoms with E-state index in [0.29, 0.717) is 19.4 Å². The lowest BCUT2D eigenvalue weighted by molar-refractivity contribution is -0.155. The van der Waals surface area contributed by atoms with Gasteiger partial charge in [-0.15, -0.1) is 6.58 Å². The van der Waals surface area contributed by atoms with E-state index >= 15 is 0 Å². The van der Waals surface area contributed by atoms with Crippen LogP contribution in [-0.4, -0.2) is 65.2 Å². The van der Waals surface area contributed by atoms with E-state index < -0.39 is 29.7 Å². The van der Waals surface area contributed by atoms with Gasteiger partial charge in [-0.05, 0) is 47.0 Å². The number of carbonyl (C=O) groups is 3. The smallest absolute Gasteiger partial charge is 0.410 e. The van der Waals surface area contributed by atoms with Gasteiger partial charge in [0.25, 0.3) is 0 Å². The number of ether oxygens (including phenoxy) is 2. The fraction of sp³-hybridized carbons (Fsp3) is 0.696. The molecular weight excluding hydrogens is 384 g/mol. The van der Waals surface area contributed by atoms with Gasteiger partial charge in [-0.2, -0.15) is 0 Å². The number of allylic oxidation sites excluding steroid dienone is 1. The van der Waals surface area contributed by atoms with Crippen LogP contribution in [0.2, 0.25) is 0 Å². The van der Waals surface area contributed by atoms with E-state index in [1.165, 1.54) is 12.0 Å². The Morgan fingerprint density at radius 3 is 2.37 bits per heavy atom. The van der Waals surface area contributed by atoms with Crippen molar-refractivity contribution in [2.75, 3.05) is 13.7 Å². The Labute approximate surface area is 181 Å². The van der Waals surface area contributed by atoms with Gasteiger partial charge >= 0.3 is 12.1 Å². The number of carbonyl (C=O) groups excluding carboxylic acids is 3. The lowest BCUT2D eigenvalue weighted by Gasteiger charge is -2.38. The molecule has 0 spiro atoms. The van der Waals surface area contributed by atoms with Gasteiger partial charge in [0, 0.05) is 12.5 Å². The zero-order valence-electron chi connectivity index (χ0n) is 19.5. The van der Waals surface area contributed by atoms with Crippen LogP contribution in [-0.2, 0) is 19.1 Å². The molecule has 0 saturated carbocycles. The summed E-state index contributed by atoms with van der Waals surface area (Å²) in [5.74, 6) is -1.01. The molecule has 0 bridgehead atoms. The van der Waals surface area contributed by atoms with Gasteiger partial charge in [0.05, 0.1) is 13.2 Å². The Hall–Kier alpha value is -2.31. The molecule has 7 nitrogen and oxygen atoms in total. The van der Waals surface area contributed by atoms with Gasteiger partial charge in [0.1, 0.15) is 17.7 Å². The molecule has 2 amide bonds. The zero-order valence-corrected chi connectivity index (χ0v) is 19.5. The van der Waals surface area contributed by atoms with Crippen molar-refractivity contribution in [1.82, 2.24) is 9.80 Å². The average Bonchev–Trinajstić information content (AvgIpc) is 3.12. The summed E-state index contributed by atoms with van der Waals surface area (Å²) < 4.78 is 10.4. The van der Waals surface area contributed by atoms with E-state index in [0.717, 1.165) is 6.42 Å². The minimum atomic E-state index is -0.791. The molecule has 0 N–H and O–H groups in total. The van der Waals surface area contributed by atoms with E-state index in [1.54, 1.807) is 38.7 Å². The van der Waals surface area contributed by atoms with E-state index in [2.05, 4.69) is 6.58 Å². The summed E-state index contributed by atoms with van der Waals surface area (Å²) >= 11 is 0. The van der Waals surface area contributed by atoms with Gasteiger partial charge in [0.15, 0.2) is 0 Å². The van der Waals surface area contributed by atoms with E-state index in [1.807, 2.05) is 26.0 Å². The molecular formula is C23H38N2O5. The van der Waals surface area contributed by atoms with Crippen molar-refractivity contribution in [1.29, 1.82) is 0 Å². The third kappa shape index (κ3) is 6.34. The monoisotopic (exact) mass is 422 g/mol. The fourth-order valence-corrected chi connectivity index (χ4v) is 3.70. The first kappa shape index (κ1) is 25.7. The van der Waals surface area contributed by atoms with Crippen molar-refractivity contribution in [2.24, 2.45) is 5.92 Å². The summed E-state index contributed by atoms with van der Waals surface area (Å²) in [5, 5.41) is 0. The standard InChI is InChI=1S/C23H38N2O5/c1-9-12-13-18(11-3)25(16(4)21(27)29-8)20(26)19-17(10-2)14-15-24(19)22(28)30-23(5,6)7/h10,12-13,16-19H,2,9,11,14-15H2,1,3-8H3/b13-12+/t16-,17-,18+,19-/m0/s1. The van der Waals surface area contributed by atoms with Crippen LogP contribution in [0.25, 0.3) is 0 Å². The number of hydrogen-bond acceptors (Lipinski definition) is 5. The van der Waals surface area contributed by atoms with Gasteiger partial charge in [-0.3, -0.25) is 9.69 Å². The summed E-state index contributed by atoms with van der Waals surface area (Å²) in [6.45, 7) is 15.2. The molecule has 1 heterocycles. The molecule has 30 heavy (non-hydrogen) atoms. The van der Waals surface area contributed by atoms with Crippen LogP contribution in [0.3, 0.4) is 0 Å². The predicted molar refractivity (Wildman–Crippen MR) is 117 cm³/mol. The molecule has 0 unspecified atom stereocenters. The number of nitrogens with zero attached hydrogens (tertiary/aromatic N) is 2. The summed E-state index contributed by atoms with van der Waals surface area (Å²) in [7, 11) is 1.30. The molecule has 1 fully saturated rings. The van der Waals surface area contributed by atoms with Gasteiger partial charge < -0.3 is 14.4 Å². The summed E-state index contributed by atoms with van der Waals surface area (Å²) in [6, 6.07) is -1.85. The third-order valence-corrected chi connectivity index (χ3v) is 5.21. The number of esters is 1. The molecule has 4 atom stereocenters. The highest BCUT2D eigenvalue weighted by atomic mass is 16.6. The van der Waals surface area contributed by atoms with Crippen LogP contribution in [0.5, 0.6) is 0 Å². The Balaban J connectivity index is 3.36. The van der Waals surface area contributed by atoms with Crippen molar-refractivity contribution < 1.29 is 23.9 Å². The highest BCUT2D eigenvalue weighted by Crippen LogP contribution is 2.30. The van der Waals surface area contributed by atoms with Crippen LogP contribution in [0.15, 0.2) is 24.8 Å². The average molecular weight is 423 g/mol. The maximum Gasteiger partial charge on any atom is 0.410 e. The summed E-state index contributed by atoms with van der Waals surface area (Å²) in [4.78, 5) is 42.0. The maximum atomic E-state index is 13.8. The van der Waals surface area contributed by atoms with Gasteiger partial charge in [-0.25, -0.2) is 9.59 Å². The van der Waals surface area contributed by atoms with E-state index in [9.17, 15) is 14.4 Å². The van der Waals surface area contributed by atoms with Gasteiger partial charge in [0.2, 0.25) is 5.91 Å². The normalized spacial score (nSPS) is 21.2. The molecule has 0 aromatic carbocycles. The number of likely N-dealkylation sites (tertiary alicyclic amines) is 1. The largest absolute Gasteiger partial charge is 0.467 e. The molecule has 1 rings (SSSR count). The number of methoxy groups -OCH3 is 1. The first-order chi connectivity index (χ1) is 14.0. The number of hydrogen-bond donors (Lipinski definition) is 0. The number of rotatable bonds is 8. The highest BCUT2D eigenvalue weighted by Gasteiger charge is 2.46. The van der Waals surface area contributed by atoms with Crippen molar-refractivity contribution in [3.63, 3.8) is 0 Å². The Morgan fingerprint density at radius 2 is 1.90 bits per heavy atom. The maximum absolute atomic E-state index is 13.8. The Morgan fingerprint density at radius 1 is 1.27 bits per heavy atom. The molecule has 7 heteroatoms. The lowest BCUT2D eigenvalue weighted by atomic mass is 9.97. The second-order valence-corrected chi connectivity index (χ2v) is 8.56. The van der Waals surface area contributed by atoms with Gasteiger partial charge in [-0.1, -0.05) is 32.1 Å². The topological polar surface area (TPSA) is 76.2 Å². The lowest BCUT2D eigenvalue weighted by Crippen LogP contribution is -2.57. The first-order valence-corrected chi connectivity index (χ1v) is 10.7. The minimum Gasteiger partial charge on any atom is -0.467 e. The number of amides is 2. The molecule has 170 valence electrons. The van der Waals surface area contributed by atoms with Crippen molar-refractivity contribution in [3.8, 4) is 0 Å². The van der Waals surface area contributed by atoms with E-state index in [-0.39, 0.29) is 17.9 Å². The molecule has 0 radical (unpaired) electrons. The second-order valence-electron chi connectivity index (χ2n) is 8.56. The molecule has 1 saturated heterocycles. The van der Waals surface area contributed by atoms with Crippen molar-refractivity contribution in [2.45, 2.75) is 84.5 Å². The summed E-state index contributed by atoms with van der Waals surface area (Å²) in [6.07, 6.45) is 7.14. The minimum absolute atomic E-state index is 0.218. The predicted octanol–water partition coefficient (Wildman–Crippen LogP) is 3.93. The van der Waals surface area contributed by atoms with Crippen LogP contribution >= 0.6 is 0 Å². The Kier molecular flexibility index (Phi) is 9.59. The molecule has 1 aliphatic heterocycles. The third-order valence-electron chi connectivity index (χ3n) is 5.21. The zero-order chi connectivity index (χ0) is 23.1. The first-order valence-electron chi connectivity index (χ1n) is 10.7. The fourth-order valence-electron chi connectivity index (χ4n) is 3.70. The molecule has 0 aliphatic carbocycles. The Bertz CT molecular complexity index is 652. The van der Waals surface area contributed by atoms with Crippen LogP contribution in [0.4, 0.5) is 4.79 Å². The highest BCUT2D eigenvalue weighted by molar-refractivity contribution is 5.91. The van der Waals surface area contributed by atoms with Crippen LogP contribution < -0.4 is 0 Å². The molecule has 0 aromatic heterocycles. The van der Waals surface area contributed by atoms with Crippen LogP contribution in [0, 0.1) is 5.92 Å². The molecule has 1 aliphatic rings. The second kappa shape index (κ2) is 11.2. The SMILES string of the molecule is C=C[C@H]1CCN(C(=O)OC(C)(C)C)[C@@H]1C(=O)N([C@@H](/C=C/CC)CC)[C@@H](C)C(=O)OC. The molecule has 0 aromatic rings. The van der Waals surface area contributed by atoms with Crippen molar-refractivity contribution >= 4 is 18.0 Å². The van der Waals surface area contributed by atoms with Crippen molar-refractivity contribution in [3.05, 3.63) is 24.8 Å². The van der Waals surface area contributed by atoms with E-state index in [4.69, 9.17) is 9.47 Å². The summed E-state index contributed by atoms with van der Waals surface area (Å²) in [5.41, 5.74) is -0.675. The van der Waals surface area contributed by atoms with Crippen LogP contribution in [0.1, 0.15) is 60.8 Å².